The zero-order valence-electron chi connectivity index (χ0n) is 8.93. The van der Waals surface area contributed by atoms with Gasteiger partial charge in [-0.1, -0.05) is 6.42 Å². The number of ether oxygens (including phenoxy) is 1. The lowest BCUT2D eigenvalue weighted by molar-refractivity contribution is 0.0180. The molecule has 3 aliphatic rings. The Bertz CT molecular complexity index is 202. The van der Waals surface area contributed by atoms with E-state index in [1.807, 2.05) is 0 Å². The first-order chi connectivity index (χ1) is 6.89. The molecule has 2 heteroatoms. The highest BCUT2D eigenvalue weighted by atomic mass is 16.5. The molecule has 3 rings (SSSR count). The predicted octanol–water partition coefficient (Wildman–Crippen LogP) is 2.09. The van der Waals surface area contributed by atoms with E-state index in [1.165, 1.54) is 44.9 Å². The van der Waals surface area contributed by atoms with Crippen LogP contribution in [0.4, 0.5) is 0 Å². The first-order valence-corrected chi connectivity index (χ1v) is 6.24. The Morgan fingerprint density at radius 3 is 2.21 bits per heavy atom. The van der Waals surface area contributed by atoms with Crippen molar-refractivity contribution in [3.05, 3.63) is 0 Å². The molecule has 2 aliphatic carbocycles. The Morgan fingerprint density at radius 2 is 1.71 bits per heavy atom. The van der Waals surface area contributed by atoms with Crippen LogP contribution in [0, 0.1) is 5.92 Å². The molecule has 1 N–H and O–H groups in total. The van der Waals surface area contributed by atoms with Gasteiger partial charge in [0.15, 0.2) is 0 Å². The molecule has 1 saturated heterocycles. The first kappa shape index (κ1) is 9.17. The fourth-order valence-corrected chi connectivity index (χ4v) is 3.00. The van der Waals surface area contributed by atoms with Crippen LogP contribution in [0.2, 0.25) is 0 Å². The first-order valence-electron chi connectivity index (χ1n) is 6.24. The lowest BCUT2D eigenvalue weighted by Crippen LogP contribution is -2.56. The van der Waals surface area contributed by atoms with Crippen molar-refractivity contribution < 1.29 is 4.74 Å². The van der Waals surface area contributed by atoms with Crippen LogP contribution in [-0.4, -0.2) is 24.8 Å². The summed E-state index contributed by atoms with van der Waals surface area (Å²) >= 11 is 0. The van der Waals surface area contributed by atoms with Gasteiger partial charge in [-0.2, -0.15) is 0 Å². The van der Waals surface area contributed by atoms with E-state index in [2.05, 4.69) is 5.32 Å². The highest BCUT2D eigenvalue weighted by molar-refractivity contribution is 5.04. The van der Waals surface area contributed by atoms with E-state index < -0.39 is 0 Å². The maximum atomic E-state index is 5.50. The molecule has 0 spiro atoms. The van der Waals surface area contributed by atoms with Gasteiger partial charge in [0.05, 0.1) is 0 Å². The largest absolute Gasteiger partial charge is 0.381 e. The van der Waals surface area contributed by atoms with Crippen LogP contribution >= 0.6 is 0 Å². The lowest BCUT2D eigenvalue weighted by atomic mass is 9.81. The Kier molecular flexibility index (Phi) is 2.29. The number of hydrogen-bond donors (Lipinski definition) is 1. The van der Waals surface area contributed by atoms with E-state index in [4.69, 9.17) is 4.74 Å². The summed E-state index contributed by atoms with van der Waals surface area (Å²) in [5, 5.41) is 3.95. The quantitative estimate of drug-likeness (QED) is 0.744. The second-order valence-corrected chi connectivity index (χ2v) is 5.31. The third kappa shape index (κ3) is 1.59. The molecular formula is C12H21NO. The summed E-state index contributed by atoms with van der Waals surface area (Å²) in [5.74, 6) is 0.979. The molecule has 0 aromatic carbocycles. The van der Waals surface area contributed by atoms with E-state index in [0.717, 1.165) is 25.2 Å². The standard InChI is InChI=1S/C12H21NO/c1-2-11(3-1)13-12(10-4-5-10)6-8-14-9-7-12/h10-11,13H,1-9H2. The molecule has 0 atom stereocenters. The van der Waals surface area contributed by atoms with Crippen LogP contribution < -0.4 is 5.32 Å². The second kappa shape index (κ2) is 3.49. The highest BCUT2D eigenvalue weighted by Crippen LogP contribution is 2.45. The van der Waals surface area contributed by atoms with Crippen LogP contribution in [0.3, 0.4) is 0 Å². The normalized spacial score (nSPS) is 32.6. The van der Waals surface area contributed by atoms with Gasteiger partial charge < -0.3 is 10.1 Å². The van der Waals surface area contributed by atoms with Gasteiger partial charge in [-0.05, 0) is 44.4 Å². The van der Waals surface area contributed by atoms with Crippen molar-refractivity contribution in [2.45, 2.75) is 56.5 Å². The van der Waals surface area contributed by atoms with Gasteiger partial charge in [0.1, 0.15) is 0 Å². The number of nitrogens with one attached hydrogen (secondary N) is 1. The molecule has 0 radical (unpaired) electrons. The maximum absolute atomic E-state index is 5.50. The fourth-order valence-electron chi connectivity index (χ4n) is 3.00. The molecule has 80 valence electrons. The molecule has 0 amide bonds. The molecule has 0 bridgehead atoms. The summed E-state index contributed by atoms with van der Waals surface area (Å²) < 4.78 is 5.50. The van der Waals surface area contributed by atoms with E-state index in [-0.39, 0.29) is 0 Å². The SMILES string of the molecule is C1CC(NC2(C3CC3)CCOCC2)C1. The summed E-state index contributed by atoms with van der Waals surface area (Å²) in [4.78, 5) is 0. The van der Waals surface area contributed by atoms with Crippen LogP contribution in [0.25, 0.3) is 0 Å². The van der Waals surface area contributed by atoms with E-state index in [0.29, 0.717) is 5.54 Å². The summed E-state index contributed by atoms with van der Waals surface area (Å²) in [6.45, 7) is 1.96. The van der Waals surface area contributed by atoms with Crippen LogP contribution in [0.1, 0.15) is 44.9 Å². The van der Waals surface area contributed by atoms with E-state index in [9.17, 15) is 0 Å². The van der Waals surface area contributed by atoms with Gasteiger partial charge in [0.25, 0.3) is 0 Å². The van der Waals surface area contributed by atoms with Crippen molar-refractivity contribution in [3.63, 3.8) is 0 Å². The van der Waals surface area contributed by atoms with E-state index in [1.54, 1.807) is 0 Å². The minimum Gasteiger partial charge on any atom is -0.381 e. The predicted molar refractivity (Wildman–Crippen MR) is 56.3 cm³/mol. The summed E-state index contributed by atoms with van der Waals surface area (Å²) in [6.07, 6.45) is 9.70. The van der Waals surface area contributed by atoms with Crippen LogP contribution in [0.15, 0.2) is 0 Å². The molecule has 14 heavy (non-hydrogen) atoms. The lowest BCUT2D eigenvalue weighted by Gasteiger charge is -2.44. The Labute approximate surface area is 86.4 Å². The highest BCUT2D eigenvalue weighted by Gasteiger charge is 2.47. The Morgan fingerprint density at radius 1 is 1.00 bits per heavy atom. The van der Waals surface area contributed by atoms with Crippen molar-refractivity contribution in [2.24, 2.45) is 5.92 Å². The third-order valence-corrected chi connectivity index (χ3v) is 4.34. The van der Waals surface area contributed by atoms with Crippen molar-refractivity contribution in [1.82, 2.24) is 5.32 Å². The van der Waals surface area contributed by atoms with Gasteiger partial charge in [-0.3, -0.25) is 0 Å². The Balaban J connectivity index is 1.66. The van der Waals surface area contributed by atoms with Gasteiger partial charge in [0.2, 0.25) is 0 Å². The van der Waals surface area contributed by atoms with E-state index >= 15 is 0 Å². The zero-order chi connectivity index (χ0) is 9.43. The van der Waals surface area contributed by atoms with Gasteiger partial charge in [-0.25, -0.2) is 0 Å². The molecule has 0 aromatic rings. The summed E-state index contributed by atoms with van der Waals surface area (Å²) in [5.41, 5.74) is 0.489. The molecule has 0 unspecified atom stereocenters. The molecular weight excluding hydrogens is 174 g/mol. The van der Waals surface area contributed by atoms with Crippen molar-refractivity contribution in [2.75, 3.05) is 13.2 Å². The van der Waals surface area contributed by atoms with Gasteiger partial charge >= 0.3 is 0 Å². The molecule has 1 heterocycles. The van der Waals surface area contributed by atoms with Crippen molar-refractivity contribution in [3.8, 4) is 0 Å². The Hall–Kier alpha value is -0.0800. The van der Waals surface area contributed by atoms with Crippen molar-refractivity contribution >= 4 is 0 Å². The monoisotopic (exact) mass is 195 g/mol. The third-order valence-electron chi connectivity index (χ3n) is 4.34. The second-order valence-electron chi connectivity index (χ2n) is 5.31. The van der Waals surface area contributed by atoms with Gasteiger partial charge in [0, 0.05) is 24.8 Å². The molecule has 2 nitrogen and oxygen atoms in total. The number of hydrogen-bond acceptors (Lipinski definition) is 2. The molecule has 2 saturated carbocycles. The fraction of sp³-hybridized carbons (Fsp3) is 1.00. The van der Waals surface area contributed by atoms with Crippen LogP contribution in [-0.2, 0) is 4.74 Å². The minimum atomic E-state index is 0.489. The molecule has 3 fully saturated rings. The summed E-state index contributed by atoms with van der Waals surface area (Å²) in [6, 6.07) is 0.841. The van der Waals surface area contributed by atoms with Crippen LogP contribution in [0.5, 0.6) is 0 Å². The smallest absolute Gasteiger partial charge is 0.0483 e. The maximum Gasteiger partial charge on any atom is 0.0483 e. The topological polar surface area (TPSA) is 21.3 Å². The van der Waals surface area contributed by atoms with Crippen molar-refractivity contribution in [1.29, 1.82) is 0 Å². The number of rotatable bonds is 3. The molecule has 1 aliphatic heterocycles. The average molecular weight is 195 g/mol. The average Bonchev–Trinajstić information content (AvgIpc) is 2.96. The minimum absolute atomic E-state index is 0.489. The molecule has 0 aromatic heterocycles. The zero-order valence-corrected chi connectivity index (χ0v) is 8.93. The van der Waals surface area contributed by atoms with Gasteiger partial charge in [-0.15, -0.1) is 0 Å². The summed E-state index contributed by atoms with van der Waals surface area (Å²) in [7, 11) is 0.